The van der Waals surface area contributed by atoms with Crippen LogP contribution in [0.15, 0.2) is 41.5 Å². The Hall–Kier alpha value is -3.09. The fourth-order valence-electron chi connectivity index (χ4n) is 2.23. The van der Waals surface area contributed by atoms with E-state index >= 15 is 0 Å². The molecule has 0 unspecified atom stereocenters. The molecule has 7 heteroatoms. The van der Waals surface area contributed by atoms with Gasteiger partial charge in [0.25, 0.3) is 0 Å². The standard InChI is InChI=1S/C17H15FN2O4/c1-22-14-6-12(7-15-17(14)24-10-23-15)9-19-20-16(21)8-11-2-4-13(18)5-3-11/h2-7,9H,8,10H2,1H3,(H,20,21)/b19-9+. The molecule has 0 aliphatic carbocycles. The summed E-state index contributed by atoms with van der Waals surface area (Å²) in [5.41, 5.74) is 3.82. The molecule has 0 fully saturated rings. The van der Waals surface area contributed by atoms with Gasteiger partial charge in [0.15, 0.2) is 11.5 Å². The Morgan fingerprint density at radius 2 is 2.12 bits per heavy atom. The average Bonchev–Trinajstić information content (AvgIpc) is 3.05. The summed E-state index contributed by atoms with van der Waals surface area (Å²) >= 11 is 0. The number of hydrazone groups is 1. The predicted molar refractivity (Wildman–Crippen MR) is 85.0 cm³/mol. The van der Waals surface area contributed by atoms with Crippen molar-refractivity contribution in [1.82, 2.24) is 5.43 Å². The number of carbonyl (C=O) groups is 1. The van der Waals surface area contributed by atoms with Crippen LogP contribution in [0.25, 0.3) is 0 Å². The lowest BCUT2D eigenvalue weighted by Gasteiger charge is -2.05. The summed E-state index contributed by atoms with van der Waals surface area (Å²) in [6.07, 6.45) is 1.59. The van der Waals surface area contributed by atoms with Gasteiger partial charge in [0.2, 0.25) is 18.4 Å². The molecule has 2 aromatic carbocycles. The molecule has 0 bridgehead atoms. The molecule has 24 heavy (non-hydrogen) atoms. The van der Waals surface area contributed by atoms with E-state index in [1.165, 1.54) is 25.5 Å². The summed E-state index contributed by atoms with van der Waals surface area (Å²) in [4.78, 5) is 11.8. The highest BCUT2D eigenvalue weighted by Gasteiger charge is 2.19. The highest BCUT2D eigenvalue weighted by Crippen LogP contribution is 2.41. The Kier molecular flexibility index (Phi) is 4.60. The molecule has 1 N–H and O–H groups in total. The van der Waals surface area contributed by atoms with Crippen LogP contribution in [0.1, 0.15) is 11.1 Å². The Balaban J connectivity index is 1.62. The number of methoxy groups -OCH3 is 1. The minimum absolute atomic E-state index is 0.113. The lowest BCUT2D eigenvalue weighted by atomic mass is 10.1. The van der Waals surface area contributed by atoms with Gasteiger partial charge in [0.05, 0.1) is 19.7 Å². The molecule has 6 nitrogen and oxygen atoms in total. The maximum atomic E-state index is 12.8. The first-order chi connectivity index (χ1) is 11.7. The molecule has 0 radical (unpaired) electrons. The number of ether oxygens (including phenoxy) is 3. The molecule has 0 spiro atoms. The molecule has 0 saturated heterocycles. The predicted octanol–water partition coefficient (Wildman–Crippen LogP) is 2.26. The molecule has 1 amide bonds. The molecule has 1 heterocycles. The number of nitrogens with one attached hydrogen (secondary N) is 1. The summed E-state index contributed by atoms with van der Waals surface area (Å²) in [6, 6.07) is 9.20. The minimum atomic E-state index is -0.339. The molecule has 1 aliphatic heterocycles. The lowest BCUT2D eigenvalue weighted by Crippen LogP contribution is -2.19. The summed E-state index contributed by atoms with van der Waals surface area (Å²) < 4.78 is 28.7. The lowest BCUT2D eigenvalue weighted by molar-refractivity contribution is -0.120. The van der Waals surface area contributed by atoms with E-state index in [4.69, 9.17) is 14.2 Å². The van der Waals surface area contributed by atoms with E-state index in [-0.39, 0.29) is 24.9 Å². The van der Waals surface area contributed by atoms with Crippen molar-refractivity contribution in [3.05, 3.63) is 53.3 Å². The van der Waals surface area contributed by atoms with E-state index in [2.05, 4.69) is 10.5 Å². The van der Waals surface area contributed by atoms with Crippen molar-refractivity contribution in [3.63, 3.8) is 0 Å². The van der Waals surface area contributed by atoms with Crippen molar-refractivity contribution >= 4 is 12.1 Å². The van der Waals surface area contributed by atoms with Gasteiger partial charge in [-0.25, -0.2) is 9.82 Å². The SMILES string of the molecule is COc1cc(/C=N/NC(=O)Cc2ccc(F)cc2)cc2c1OCO2. The van der Waals surface area contributed by atoms with Crippen molar-refractivity contribution in [2.45, 2.75) is 6.42 Å². The van der Waals surface area contributed by atoms with E-state index in [1.807, 2.05) is 0 Å². The number of carbonyl (C=O) groups excluding carboxylic acids is 1. The first-order valence-corrected chi connectivity index (χ1v) is 7.19. The third-order valence-corrected chi connectivity index (χ3v) is 3.36. The van der Waals surface area contributed by atoms with Crippen molar-refractivity contribution in [3.8, 4) is 17.2 Å². The van der Waals surface area contributed by atoms with Crippen LogP contribution in [0.3, 0.4) is 0 Å². The average molecular weight is 330 g/mol. The van der Waals surface area contributed by atoms with Gasteiger partial charge >= 0.3 is 0 Å². The molecule has 0 saturated carbocycles. The fourth-order valence-corrected chi connectivity index (χ4v) is 2.23. The van der Waals surface area contributed by atoms with Gasteiger partial charge in [-0.3, -0.25) is 4.79 Å². The van der Waals surface area contributed by atoms with Gasteiger partial charge in [-0.15, -0.1) is 0 Å². The van der Waals surface area contributed by atoms with Crippen LogP contribution in [0.5, 0.6) is 17.2 Å². The topological polar surface area (TPSA) is 69.2 Å². The molecule has 1 aliphatic rings. The minimum Gasteiger partial charge on any atom is -0.493 e. The third kappa shape index (κ3) is 3.62. The zero-order valence-electron chi connectivity index (χ0n) is 12.9. The van der Waals surface area contributed by atoms with Crippen LogP contribution in [0.2, 0.25) is 0 Å². The maximum Gasteiger partial charge on any atom is 0.244 e. The number of hydrogen-bond donors (Lipinski definition) is 1. The molecular formula is C17H15FN2O4. The third-order valence-electron chi connectivity index (χ3n) is 3.36. The smallest absolute Gasteiger partial charge is 0.244 e. The van der Waals surface area contributed by atoms with Crippen LogP contribution < -0.4 is 19.6 Å². The summed E-state index contributed by atoms with van der Waals surface area (Å²) in [6.45, 7) is 0.140. The van der Waals surface area contributed by atoms with E-state index in [0.29, 0.717) is 28.4 Å². The quantitative estimate of drug-likeness (QED) is 0.674. The first kappa shape index (κ1) is 15.8. The van der Waals surface area contributed by atoms with Crippen LogP contribution in [0, 0.1) is 5.82 Å². The van der Waals surface area contributed by atoms with E-state index in [0.717, 1.165) is 0 Å². The van der Waals surface area contributed by atoms with Gasteiger partial charge in [-0.05, 0) is 29.8 Å². The van der Waals surface area contributed by atoms with E-state index in [1.54, 1.807) is 24.3 Å². The number of rotatable bonds is 5. The molecule has 3 rings (SSSR count). The van der Waals surface area contributed by atoms with Crippen molar-refractivity contribution < 1.29 is 23.4 Å². The molecule has 2 aromatic rings. The highest BCUT2D eigenvalue weighted by molar-refractivity contribution is 5.85. The van der Waals surface area contributed by atoms with Crippen LogP contribution in [-0.2, 0) is 11.2 Å². The Labute approximate surface area is 137 Å². The van der Waals surface area contributed by atoms with Crippen LogP contribution >= 0.6 is 0 Å². The number of benzene rings is 2. The molecular weight excluding hydrogens is 315 g/mol. The second-order valence-electron chi connectivity index (χ2n) is 5.05. The first-order valence-electron chi connectivity index (χ1n) is 7.19. The number of fused-ring (bicyclic) bond motifs is 1. The van der Waals surface area contributed by atoms with Gasteiger partial charge < -0.3 is 14.2 Å². The monoisotopic (exact) mass is 330 g/mol. The zero-order chi connectivity index (χ0) is 16.9. The van der Waals surface area contributed by atoms with Gasteiger partial charge in [0.1, 0.15) is 5.82 Å². The molecule has 124 valence electrons. The number of halogens is 1. The largest absolute Gasteiger partial charge is 0.493 e. The summed E-state index contributed by atoms with van der Waals surface area (Å²) in [5, 5.41) is 3.91. The molecule has 0 aromatic heterocycles. The van der Waals surface area contributed by atoms with E-state index < -0.39 is 0 Å². The normalized spacial score (nSPS) is 12.4. The number of hydrogen-bond acceptors (Lipinski definition) is 5. The van der Waals surface area contributed by atoms with Gasteiger partial charge in [-0.1, -0.05) is 12.1 Å². The maximum absolute atomic E-state index is 12.8. The zero-order valence-corrected chi connectivity index (χ0v) is 12.9. The Morgan fingerprint density at radius 3 is 2.88 bits per heavy atom. The Morgan fingerprint density at radius 1 is 1.33 bits per heavy atom. The second kappa shape index (κ2) is 6.99. The Bertz CT molecular complexity index is 775. The van der Waals surface area contributed by atoms with Crippen molar-refractivity contribution in [1.29, 1.82) is 0 Å². The van der Waals surface area contributed by atoms with Crippen LogP contribution in [-0.4, -0.2) is 26.0 Å². The van der Waals surface area contributed by atoms with Gasteiger partial charge in [0, 0.05) is 5.56 Å². The second-order valence-corrected chi connectivity index (χ2v) is 5.05. The fraction of sp³-hybridized carbons (Fsp3) is 0.176. The summed E-state index contributed by atoms with van der Waals surface area (Å²) in [5.74, 6) is 1.01. The van der Waals surface area contributed by atoms with Crippen molar-refractivity contribution in [2.75, 3.05) is 13.9 Å². The number of amides is 1. The van der Waals surface area contributed by atoms with Crippen molar-refractivity contribution in [2.24, 2.45) is 5.10 Å². The van der Waals surface area contributed by atoms with Gasteiger partial charge in [-0.2, -0.15) is 5.10 Å². The molecule has 0 atom stereocenters. The highest BCUT2D eigenvalue weighted by atomic mass is 19.1. The number of nitrogens with zero attached hydrogens (tertiary/aromatic N) is 1. The van der Waals surface area contributed by atoms with Crippen LogP contribution in [0.4, 0.5) is 4.39 Å². The summed E-state index contributed by atoms with van der Waals surface area (Å²) in [7, 11) is 1.53. The van der Waals surface area contributed by atoms with E-state index in [9.17, 15) is 9.18 Å².